The smallest absolute Gasteiger partial charge is 0.744 e. The van der Waals surface area contributed by atoms with Gasteiger partial charge in [0.2, 0.25) is 5.91 Å². The number of phenols is 1. The molecule has 0 radical (unpaired) electrons. The Morgan fingerprint density at radius 2 is 1.72 bits per heavy atom. The van der Waals surface area contributed by atoms with Crippen LogP contribution in [0.15, 0.2) is 68.6 Å². The van der Waals surface area contributed by atoms with Crippen molar-refractivity contribution < 1.29 is 60.8 Å². The average molecular weight is 560 g/mol. The molecule has 0 heterocycles. The molecule has 3 aromatic rings. The quantitative estimate of drug-likeness (QED) is 0.172. The van der Waals surface area contributed by atoms with Gasteiger partial charge >= 0.3 is 29.6 Å². The summed E-state index contributed by atoms with van der Waals surface area (Å²) in [6.45, 7) is 3.24. The molecule has 0 saturated carbocycles. The maximum atomic E-state index is 12.4. The van der Waals surface area contributed by atoms with Crippen molar-refractivity contribution in [3.05, 3.63) is 48.5 Å². The van der Waals surface area contributed by atoms with Crippen molar-refractivity contribution in [2.75, 3.05) is 22.6 Å². The molecule has 0 saturated heterocycles. The predicted octanol–water partition coefficient (Wildman–Crippen LogP) is 1.35. The minimum Gasteiger partial charge on any atom is -0.744 e. The largest absolute Gasteiger partial charge is 1.00 e. The summed E-state index contributed by atoms with van der Waals surface area (Å²) in [6, 6.07) is 10.9. The monoisotopic (exact) mass is 559 g/mol. The standard InChI is InChI=1S/C22H23N3O7S3.Na/c1-3-33-10-11-34(28,29)18-8-6-16(7-9-18)24-25-21-20(35(30,31)32)12-15-4-5-17(23-14(2)26)13-19(15)22(21)27;/h4-9,12-13,27H,3,10-11H2,1-2H3,(H,23,26)(H,30,31,32);/q;+1/p-1. The second-order valence-electron chi connectivity index (χ2n) is 7.35. The van der Waals surface area contributed by atoms with E-state index in [0.717, 1.165) is 11.8 Å². The van der Waals surface area contributed by atoms with Gasteiger partial charge in [-0.2, -0.15) is 16.9 Å². The van der Waals surface area contributed by atoms with Gasteiger partial charge in [-0.05, 0) is 53.6 Å². The topological polar surface area (TPSA) is 165 Å². The van der Waals surface area contributed by atoms with Crippen molar-refractivity contribution >= 4 is 65.5 Å². The Morgan fingerprint density at radius 1 is 1.06 bits per heavy atom. The van der Waals surface area contributed by atoms with E-state index in [2.05, 4.69) is 15.5 Å². The molecule has 0 atom stereocenters. The van der Waals surface area contributed by atoms with Crippen LogP contribution in [-0.2, 0) is 24.7 Å². The zero-order chi connectivity index (χ0) is 25.8. The molecule has 0 aliphatic heterocycles. The molecule has 0 aromatic heterocycles. The van der Waals surface area contributed by atoms with Crippen LogP contribution in [0.2, 0.25) is 0 Å². The van der Waals surface area contributed by atoms with Gasteiger partial charge in [0, 0.05) is 23.8 Å². The van der Waals surface area contributed by atoms with Crippen LogP contribution < -0.4 is 34.9 Å². The van der Waals surface area contributed by atoms with Crippen LogP contribution in [-0.4, -0.2) is 49.7 Å². The molecule has 0 fully saturated rings. The number of benzene rings is 3. The van der Waals surface area contributed by atoms with Crippen molar-refractivity contribution in [2.45, 2.75) is 23.6 Å². The summed E-state index contributed by atoms with van der Waals surface area (Å²) in [5, 5.41) is 21.3. The van der Waals surface area contributed by atoms with Crippen LogP contribution in [0.4, 0.5) is 17.1 Å². The third-order valence-corrected chi connectivity index (χ3v) is 8.55. The molecule has 14 heteroatoms. The molecular weight excluding hydrogens is 537 g/mol. The second kappa shape index (κ2) is 12.5. The normalized spacial score (nSPS) is 12.0. The number of carbonyl (C=O) groups is 1. The van der Waals surface area contributed by atoms with E-state index in [9.17, 15) is 31.3 Å². The Hall–Kier alpha value is -2.00. The number of nitrogens with one attached hydrogen (secondary N) is 1. The number of amides is 1. The molecule has 36 heavy (non-hydrogen) atoms. The molecule has 0 spiro atoms. The van der Waals surface area contributed by atoms with Crippen LogP contribution in [0.5, 0.6) is 5.75 Å². The van der Waals surface area contributed by atoms with E-state index in [1.165, 1.54) is 61.2 Å². The van der Waals surface area contributed by atoms with E-state index < -0.39 is 36.3 Å². The molecule has 10 nitrogen and oxygen atoms in total. The van der Waals surface area contributed by atoms with E-state index in [1.54, 1.807) is 0 Å². The number of carbonyl (C=O) groups excluding carboxylic acids is 1. The molecule has 2 N–H and O–H groups in total. The number of azo groups is 1. The number of aromatic hydroxyl groups is 1. The second-order valence-corrected chi connectivity index (χ2v) is 12.2. The average Bonchev–Trinajstić information content (AvgIpc) is 2.78. The number of phenolic OH excluding ortho intramolecular Hbond substituents is 1. The fourth-order valence-electron chi connectivity index (χ4n) is 3.17. The van der Waals surface area contributed by atoms with Gasteiger partial charge in [0.1, 0.15) is 15.8 Å². The van der Waals surface area contributed by atoms with Gasteiger partial charge in [-0.3, -0.25) is 4.79 Å². The Bertz CT molecular complexity index is 1510. The molecule has 0 unspecified atom stereocenters. The van der Waals surface area contributed by atoms with Gasteiger partial charge in [-0.15, -0.1) is 5.11 Å². The van der Waals surface area contributed by atoms with Crippen LogP contribution >= 0.6 is 11.8 Å². The Balaban J connectivity index is 0.00000456. The molecule has 3 rings (SSSR count). The van der Waals surface area contributed by atoms with E-state index in [0.29, 0.717) is 11.4 Å². The molecule has 1 amide bonds. The Labute approximate surface area is 235 Å². The van der Waals surface area contributed by atoms with Crippen molar-refractivity contribution in [2.24, 2.45) is 10.2 Å². The Kier molecular flexibility index (Phi) is 10.5. The van der Waals surface area contributed by atoms with Gasteiger partial charge in [-0.25, -0.2) is 16.8 Å². The third-order valence-electron chi connectivity index (χ3n) is 4.80. The van der Waals surface area contributed by atoms with Crippen LogP contribution in [0, 0.1) is 0 Å². The zero-order valence-corrected chi connectivity index (χ0v) is 24.2. The SMILES string of the molecule is CCSCCS(=O)(=O)c1ccc(N=Nc2c(S(=O)(=O)[O-])cc3ccc(NC(C)=O)cc3c2O)cc1.[Na+]. The summed E-state index contributed by atoms with van der Waals surface area (Å²) < 4.78 is 60.3. The molecule has 0 aliphatic rings. The fraction of sp³-hybridized carbons (Fsp3) is 0.227. The number of thioether (sulfide) groups is 1. The van der Waals surface area contributed by atoms with E-state index in [-0.39, 0.29) is 62.6 Å². The summed E-state index contributed by atoms with van der Waals surface area (Å²) in [7, 11) is -8.50. The first kappa shape index (κ1) is 30.2. The van der Waals surface area contributed by atoms with Crippen molar-refractivity contribution in [1.82, 2.24) is 0 Å². The number of hydrogen-bond acceptors (Lipinski definition) is 10. The summed E-state index contributed by atoms with van der Waals surface area (Å²) in [6.07, 6.45) is 0. The molecule has 3 aromatic carbocycles. The third kappa shape index (κ3) is 7.51. The van der Waals surface area contributed by atoms with Crippen molar-refractivity contribution in [3.63, 3.8) is 0 Å². The van der Waals surface area contributed by atoms with Gasteiger partial charge in [0.15, 0.2) is 15.6 Å². The summed E-state index contributed by atoms with van der Waals surface area (Å²) >= 11 is 1.52. The zero-order valence-electron chi connectivity index (χ0n) is 19.8. The number of nitrogens with zero attached hydrogens (tertiary/aromatic N) is 2. The first-order valence-electron chi connectivity index (χ1n) is 10.3. The van der Waals surface area contributed by atoms with Crippen LogP contribution in [0.3, 0.4) is 0 Å². The number of anilines is 1. The van der Waals surface area contributed by atoms with Gasteiger partial charge in [0.05, 0.1) is 21.2 Å². The van der Waals surface area contributed by atoms with Gasteiger partial charge in [0.25, 0.3) is 0 Å². The van der Waals surface area contributed by atoms with Crippen LogP contribution in [0.25, 0.3) is 10.8 Å². The van der Waals surface area contributed by atoms with Crippen molar-refractivity contribution in [3.8, 4) is 5.75 Å². The molecular formula is C22H22N3NaO7S3. The summed E-state index contributed by atoms with van der Waals surface area (Å²) in [5.41, 5.74) is -0.0524. The maximum Gasteiger partial charge on any atom is 1.00 e. The minimum absolute atomic E-state index is 0. The molecule has 0 bridgehead atoms. The maximum absolute atomic E-state index is 12.4. The van der Waals surface area contributed by atoms with Crippen molar-refractivity contribution in [1.29, 1.82) is 0 Å². The fourth-order valence-corrected chi connectivity index (χ4v) is 6.24. The van der Waals surface area contributed by atoms with E-state index in [4.69, 9.17) is 0 Å². The molecule has 0 aliphatic carbocycles. The molecule has 186 valence electrons. The predicted molar refractivity (Wildman–Crippen MR) is 134 cm³/mol. The minimum atomic E-state index is -5.03. The Morgan fingerprint density at radius 3 is 2.31 bits per heavy atom. The summed E-state index contributed by atoms with van der Waals surface area (Å²) in [5.74, 6) is 0.310. The van der Waals surface area contributed by atoms with Crippen LogP contribution in [0.1, 0.15) is 13.8 Å². The van der Waals surface area contributed by atoms with Gasteiger partial charge < -0.3 is 15.0 Å². The number of sulfone groups is 1. The number of rotatable bonds is 9. The van der Waals surface area contributed by atoms with Gasteiger partial charge in [-0.1, -0.05) is 13.0 Å². The van der Waals surface area contributed by atoms with E-state index in [1.807, 2.05) is 6.92 Å². The number of hydrogen-bond donors (Lipinski definition) is 2. The first-order valence-corrected chi connectivity index (χ1v) is 14.5. The van der Waals surface area contributed by atoms with E-state index >= 15 is 0 Å². The number of fused-ring (bicyclic) bond motifs is 1. The first-order chi connectivity index (χ1) is 16.4. The summed E-state index contributed by atoms with van der Waals surface area (Å²) in [4.78, 5) is 10.7.